The quantitative estimate of drug-likeness (QED) is 0.296. The highest BCUT2D eigenvalue weighted by Crippen LogP contribution is 2.10. The third-order valence-electron chi connectivity index (χ3n) is 4.36. The molecule has 2 aromatic rings. The van der Waals surface area contributed by atoms with E-state index in [9.17, 15) is 8.42 Å². The molecule has 0 aliphatic carbocycles. The van der Waals surface area contributed by atoms with Crippen LogP contribution in [0.25, 0.3) is 0 Å². The third-order valence-corrected chi connectivity index (χ3v) is 5.49. The summed E-state index contributed by atoms with van der Waals surface area (Å²) in [6.45, 7) is 3.34. The van der Waals surface area contributed by atoms with Gasteiger partial charge in [-0.15, -0.1) is 24.0 Å². The lowest BCUT2D eigenvalue weighted by Gasteiger charge is -2.18. The van der Waals surface area contributed by atoms with Gasteiger partial charge in [0, 0.05) is 39.5 Å². The molecule has 2 rings (SSSR count). The molecule has 0 bridgehead atoms. The molecule has 8 heteroatoms. The number of hydrogen-bond donors (Lipinski definition) is 2. The second kappa shape index (κ2) is 12.8. The highest BCUT2D eigenvalue weighted by molar-refractivity contribution is 14.0. The van der Waals surface area contributed by atoms with E-state index >= 15 is 0 Å². The average molecular weight is 530 g/mol. The van der Waals surface area contributed by atoms with E-state index in [4.69, 9.17) is 0 Å². The molecule has 29 heavy (non-hydrogen) atoms. The largest absolute Gasteiger partial charge is 0.356 e. The maximum atomic E-state index is 11.5. The summed E-state index contributed by atoms with van der Waals surface area (Å²) < 4.78 is 23.0. The Labute approximate surface area is 191 Å². The van der Waals surface area contributed by atoms with Gasteiger partial charge in [0.2, 0.25) is 0 Å². The van der Waals surface area contributed by atoms with Crippen LogP contribution in [0, 0.1) is 0 Å². The number of rotatable bonds is 9. The van der Waals surface area contributed by atoms with Crippen molar-refractivity contribution < 1.29 is 8.42 Å². The lowest BCUT2D eigenvalue weighted by molar-refractivity contribution is 0.331. The summed E-state index contributed by atoms with van der Waals surface area (Å²) in [5, 5.41) is 6.61. The highest BCUT2D eigenvalue weighted by Gasteiger charge is 2.06. The molecule has 6 nitrogen and oxygen atoms in total. The molecule has 0 amide bonds. The van der Waals surface area contributed by atoms with Crippen molar-refractivity contribution in [1.82, 2.24) is 15.5 Å². The van der Waals surface area contributed by atoms with E-state index in [0.717, 1.165) is 44.1 Å². The highest BCUT2D eigenvalue weighted by atomic mass is 127. The van der Waals surface area contributed by atoms with Crippen LogP contribution in [0.5, 0.6) is 0 Å². The van der Waals surface area contributed by atoms with Crippen molar-refractivity contribution in [3.05, 3.63) is 65.7 Å². The second-order valence-electron chi connectivity index (χ2n) is 6.82. The third kappa shape index (κ3) is 9.60. The number of sulfone groups is 1. The van der Waals surface area contributed by atoms with Crippen LogP contribution in [0.2, 0.25) is 0 Å². The van der Waals surface area contributed by atoms with E-state index in [1.165, 1.54) is 11.8 Å². The zero-order valence-corrected chi connectivity index (χ0v) is 20.4. The lowest BCUT2D eigenvalue weighted by Crippen LogP contribution is -2.41. The number of benzene rings is 2. The summed E-state index contributed by atoms with van der Waals surface area (Å²) >= 11 is 0. The first kappa shape index (κ1) is 25.4. The zero-order valence-electron chi connectivity index (χ0n) is 17.3. The van der Waals surface area contributed by atoms with Crippen molar-refractivity contribution >= 4 is 39.8 Å². The molecule has 0 atom stereocenters. The second-order valence-corrected chi connectivity index (χ2v) is 8.83. The SMILES string of the molecule is CN=C(NCCc1ccc(S(C)(=O)=O)cc1)NCCN(C)Cc1ccccc1.I. The number of aliphatic imine (C=N–C) groups is 1. The molecule has 0 saturated heterocycles. The predicted molar refractivity (Wildman–Crippen MR) is 131 cm³/mol. The zero-order chi connectivity index (χ0) is 20.4. The predicted octanol–water partition coefficient (Wildman–Crippen LogP) is 2.55. The maximum Gasteiger partial charge on any atom is 0.191 e. The van der Waals surface area contributed by atoms with Gasteiger partial charge in [-0.1, -0.05) is 42.5 Å². The van der Waals surface area contributed by atoms with Crippen molar-refractivity contribution in [3.63, 3.8) is 0 Å². The van der Waals surface area contributed by atoms with Gasteiger partial charge < -0.3 is 15.5 Å². The molecule has 0 aromatic heterocycles. The minimum atomic E-state index is -3.14. The van der Waals surface area contributed by atoms with E-state index < -0.39 is 9.84 Å². The van der Waals surface area contributed by atoms with Gasteiger partial charge in [-0.2, -0.15) is 0 Å². The lowest BCUT2D eigenvalue weighted by atomic mass is 10.1. The summed E-state index contributed by atoms with van der Waals surface area (Å²) in [5.41, 5.74) is 2.38. The van der Waals surface area contributed by atoms with Crippen LogP contribution in [0.15, 0.2) is 64.5 Å². The van der Waals surface area contributed by atoms with E-state index in [-0.39, 0.29) is 24.0 Å². The Morgan fingerprint density at radius 3 is 2.17 bits per heavy atom. The fraction of sp³-hybridized carbons (Fsp3) is 0.381. The van der Waals surface area contributed by atoms with Gasteiger partial charge >= 0.3 is 0 Å². The van der Waals surface area contributed by atoms with Gasteiger partial charge in [-0.05, 0) is 36.7 Å². The van der Waals surface area contributed by atoms with Crippen LogP contribution in [0.4, 0.5) is 0 Å². The summed E-state index contributed by atoms with van der Waals surface area (Å²) in [5.74, 6) is 0.765. The standard InChI is InChI=1S/C21H30N4O2S.HI/c1-22-21(24-15-16-25(2)17-19-7-5-4-6-8-19)23-14-13-18-9-11-20(12-10-18)28(3,26)27;/h4-12H,13-17H2,1-3H3,(H2,22,23,24);1H. The van der Waals surface area contributed by atoms with Crippen LogP contribution in [-0.4, -0.2) is 59.3 Å². The van der Waals surface area contributed by atoms with E-state index in [2.05, 4.69) is 51.8 Å². The number of guanidine groups is 1. The minimum absolute atomic E-state index is 0. The summed E-state index contributed by atoms with van der Waals surface area (Å²) in [7, 11) is 0.712. The van der Waals surface area contributed by atoms with Crippen LogP contribution in [0.1, 0.15) is 11.1 Å². The minimum Gasteiger partial charge on any atom is -0.356 e. The van der Waals surface area contributed by atoms with Gasteiger partial charge in [-0.25, -0.2) is 8.42 Å². The average Bonchev–Trinajstić information content (AvgIpc) is 2.67. The fourth-order valence-corrected chi connectivity index (χ4v) is 3.42. The summed E-state index contributed by atoms with van der Waals surface area (Å²) in [6, 6.07) is 17.4. The molecular formula is C21H31IN4O2S. The number of nitrogens with one attached hydrogen (secondary N) is 2. The Morgan fingerprint density at radius 2 is 1.59 bits per heavy atom. The molecule has 0 aliphatic rings. The number of likely N-dealkylation sites (N-methyl/N-ethyl adjacent to an activating group) is 1. The molecule has 2 N–H and O–H groups in total. The Kier molecular flexibility index (Phi) is 11.2. The fourth-order valence-electron chi connectivity index (χ4n) is 2.79. The molecule has 0 unspecified atom stereocenters. The monoisotopic (exact) mass is 530 g/mol. The number of halogens is 1. The van der Waals surface area contributed by atoms with Gasteiger partial charge in [-0.3, -0.25) is 4.99 Å². The van der Waals surface area contributed by atoms with Crippen molar-refractivity contribution in [2.24, 2.45) is 4.99 Å². The van der Waals surface area contributed by atoms with Crippen LogP contribution < -0.4 is 10.6 Å². The number of nitrogens with zero attached hydrogens (tertiary/aromatic N) is 2. The topological polar surface area (TPSA) is 73.8 Å². The van der Waals surface area contributed by atoms with Crippen molar-refractivity contribution in [2.75, 3.05) is 40.0 Å². The number of hydrogen-bond acceptors (Lipinski definition) is 4. The smallest absolute Gasteiger partial charge is 0.191 e. The van der Waals surface area contributed by atoms with Crippen LogP contribution in [0.3, 0.4) is 0 Å². The summed E-state index contributed by atoms with van der Waals surface area (Å²) in [6.07, 6.45) is 2.01. The van der Waals surface area contributed by atoms with Gasteiger partial charge in [0.25, 0.3) is 0 Å². The Hall–Kier alpha value is -1.65. The van der Waals surface area contributed by atoms with Crippen LogP contribution >= 0.6 is 24.0 Å². The van der Waals surface area contributed by atoms with Crippen LogP contribution in [-0.2, 0) is 22.8 Å². The van der Waals surface area contributed by atoms with Crippen molar-refractivity contribution in [1.29, 1.82) is 0 Å². The van der Waals surface area contributed by atoms with Crippen molar-refractivity contribution in [3.8, 4) is 0 Å². The molecule has 0 radical (unpaired) electrons. The molecular weight excluding hydrogens is 499 g/mol. The molecule has 0 fully saturated rings. The van der Waals surface area contributed by atoms with E-state index in [1.807, 2.05) is 18.2 Å². The maximum absolute atomic E-state index is 11.5. The first-order chi connectivity index (χ1) is 13.4. The first-order valence-electron chi connectivity index (χ1n) is 9.34. The van der Waals surface area contributed by atoms with Gasteiger partial charge in [0.1, 0.15) is 0 Å². The molecule has 0 saturated carbocycles. The van der Waals surface area contributed by atoms with Gasteiger partial charge in [0.05, 0.1) is 4.90 Å². The van der Waals surface area contributed by atoms with Gasteiger partial charge in [0.15, 0.2) is 15.8 Å². The van der Waals surface area contributed by atoms with E-state index in [1.54, 1.807) is 19.2 Å². The molecule has 160 valence electrons. The normalized spacial score (nSPS) is 11.8. The first-order valence-corrected chi connectivity index (χ1v) is 11.2. The Balaban J connectivity index is 0.00000420. The Morgan fingerprint density at radius 1 is 0.966 bits per heavy atom. The van der Waals surface area contributed by atoms with Crippen molar-refractivity contribution in [2.45, 2.75) is 17.9 Å². The van der Waals surface area contributed by atoms with E-state index in [0.29, 0.717) is 4.90 Å². The molecule has 0 spiro atoms. The molecule has 0 heterocycles. The molecule has 0 aliphatic heterocycles. The summed E-state index contributed by atoms with van der Waals surface area (Å²) in [4.78, 5) is 6.85. The molecule has 2 aromatic carbocycles. The Bertz CT molecular complexity index is 856.